The van der Waals surface area contributed by atoms with Gasteiger partial charge in [0.2, 0.25) is 5.91 Å². The van der Waals surface area contributed by atoms with E-state index in [-0.39, 0.29) is 18.1 Å². The van der Waals surface area contributed by atoms with Gasteiger partial charge < -0.3 is 10.5 Å². The maximum Gasteiger partial charge on any atom is 0.237 e. The highest BCUT2D eigenvalue weighted by atomic mass is 16.5. The van der Waals surface area contributed by atoms with Gasteiger partial charge in [-0.25, -0.2) is 0 Å². The topological polar surface area (TPSA) is 55.6 Å². The number of benzene rings is 1. The van der Waals surface area contributed by atoms with E-state index < -0.39 is 0 Å². The molecule has 2 rings (SSSR count). The largest absolute Gasteiger partial charge is 0.375 e. The molecule has 0 bridgehead atoms. The second kappa shape index (κ2) is 5.98. The van der Waals surface area contributed by atoms with Crippen LogP contribution in [0.4, 0.5) is 0 Å². The van der Waals surface area contributed by atoms with Gasteiger partial charge in [0.15, 0.2) is 0 Å². The quantitative estimate of drug-likeness (QED) is 0.857. The zero-order chi connectivity index (χ0) is 13.0. The number of hydrogen-bond donors (Lipinski definition) is 1. The van der Waals surface area contributed by atoms with Gasteiger partial charge in [0.1, 0.15) is 6.04 Å². The SMILES string of the molecule is C[C@H]1OCCN(CCc2ccccc2)[C@@H]1C(N)=O. The van der Waals surface area contributed by atoms with Crippen molar-refractivity contribution in [3.8, 4) is 0 Å². The summed E-state index contributed by atoms with van der Waals surface area (Å²) < 4.78 is 5.49. The molecule has 1 aromatic rings. The van der Waals surface area contributed by atoms with Gasteiger partial charge in [-0.05, 0) is 18.9 Å². The first-order valence-corrected chi connectivity index (χ1v) is 6.37. The molecule has 4 nitrogen and oxygen atoms in total. The molecule has 1 aliphatic rings. The van der Waals surface area contributed by atoms with Crippen LogP contribution in [0.25, 0.3) is 0 Å². The van der Waals surface area contributed by atoms with Gasteiger partial charge in [-0.15, -0.1) is 0 Å². The highest BCUT2D eigenvalue weighted by molar-refractivity contribution is 5.80. The molecule has 1 heterocycles. The van der Waals surface area contributed by atoms with Crippen LogP contribution in [0.2, 0.25) is 0 Å². The standard InChI is InChI=1S/C14H20N2O2/c1-11-13(14(15)17)16(9-10-18-11)8-7-12-5-3-2-4-6-12/h2-6,11,13H,7-10H2,1H3,(H2,15,17)/t11-,13+/m1/s1. The molecule has 2 atom stereocenters. The van der Waals surface area contributed by atoms with Gasteiger partial charge >= 0.3 is 0 Å². The predicted octanol–water partition coefficient (Wildman–Crippen LogP) is 0.804. The Labute approximate surface area is 108 Å². The van der Waals surface area contributed by atoms with Crippen LogP contribution in [0.15, 0.2) is 30.3 Å². The average molecular weight is 248 g/mol. The second-order valence-electron chi connectivity index (χ2n) is 4.69. The average Bonchev–Trinajstić information content (AvgIpc) is 2.37. The van der Waals surface area contributed by atoms with E-state index in [1.54, 1.807) is 0 Å². The minimum absolute atomic E-state index is 0.118. The van der Waals surface area contributed by atoms with E-state index in [2.05, 4.69) is 17.0 Å². The number of primary amides is 1. The lowest BCUT2D eigenvalue weighted by Gasteiger charge is -2.37. The third-order valence-electron chi connectivity index (χ3n) is 3.42. The first-order chi connectivity index (χ1) is 8.68. The van der Waals surface area contributed by atoms with Crippen LogP contribution < -0.4 is 5.73 Å². The minimum Gasteiger partial charge on any atom is -0.375 e. The number of nitrogens with zero attached hydrogens (tertiary/aromatic N) is 1. The first kappa shape index (κ1) is 13.1. The summed E-state index contributed by atoms with van der Waals surface area (Å²) in [6.07, 6.45) is 0.809. The van der Waals surface area contributed by atoms with Gasteiger partial charge in [0.25, 0.3) is 0 Å². The highest BCUT2D eigenvalue weighted by Crippen LogP contribution is 2.14. The van der Waals surface area contributed by atoms with Crippen LogP contribution >= 0.6 is 0 Å². The molecule has 0 spiro atoms. The molecule has 0 aromatic heterocycles. The molecule has 0 saturated carbocycles. The zero-order valence-corrected chi connectivity index (χ0v) is 10.7. The Kier molecular flexibility index (Phi) is 4.33. The first-order valence-electron chi connectivity index (χ1n) is 6.37. The van der Waals surface area contributed by atoms with Crippen LogP contribution in [-0.2, 0) is 16.0 Å². The number of carbonyl (C=O) groups is 1. The predicted molar refractivity (Wildman–Crippen MR) is 70.1 cm³/mol. The summed E-state index contributed by atoms with van der Waals surface area (Å²) in [6.45, 7) is 4.18. The fourth-order valence-corrected chi connectivity index (χ4v) is 2.46. The van der Waals surface area contributed by atoms with Crippen molar-refractivity contribution in [2.24, 2.45) is 5.73 Å². The molecule has 1 fully saturated rings. The van der Waals surface area contributed by atoms with E-state index in [9.17, 15) is 4.79 Å². The number of hydrogen-bond acceptors (Lipinski definition) is 3. The molecule has 0 unspecified atom stereocenters. The number of rotatable bonds is 4. The minimum atomic E-state index is -0.303. The number of ether oxygens (including phenoxy) is 1. The second-order valence-corrected chi connectivity index (χ2v) is 4.69. The van der Waals surface area contributed by atoms with Gasteiger partial charge in [-0.2, -0.15) is 0 Å². The summed E-state index contributed by atoms with van der Waals surface area (Å²) in [6, 6.07) is 9.97. The number of amides is 1. The van der Waals surface area contributed by atoms with E-state index in [1.807, 2.05) is 25.1 Å². The molecule has 1 amide bonds. The summed E-state index contributed by atoms with van der Waals surface area (Å²) in [7, 11) is 0. The molecule has 98 valence electrons. The van der Waals surface area contributed by atoms with Crippen LogP contribution in [0.3, 0.4) is 0 Å². The lowest BCUT2D eigenvalue weighted by atomic mass is 10.1. The molecule has 2 N–H and O–H groups in total. The van der Waals surface area contributed by atoms with E-state index in [0.29, 0.717) is 6.61 Å². The van der Waals surface area contributed by atoms with Crippen molar-refractivity contribution in [1.82, 2.24) is 4.90 Å². The fraction of sp³-hybridized carbons (Fsp3) is 0.500. The van der Waals surface area contributed by atoms with Gasteiger partial charge in [-0.3, -0.25) is 9.69 Å². The fourth-order valence-electron chi connectivity index (χ4n) is 2.46. The Hall–Kier alpha value is -1.39. The van der Waals surface area contributed by atoms with Crippen LogP contribution in [0.1, 0.15) is 12.5 Å². The molecule has 0 radical (unpaired) electrons. The van der Waals surface area contributed by atoms with Crippen molar-refractivity contribution in [1.29, 1.82) is 0 Å². The van der Waals surface area contributed by atoms with Gasteiger partial charge in [-0.1, -0.05) is 30.3 Å². The van der Waals surface area contributed by atoms with E-state index in [4.69, 9.17) is 10.5 Å². The van der Waals surface area contributed by atoms with Crippen LogP contribution in [0, 0.1) is 0 Å². The summed E-state index contributed by atoms with van der Waals surface area (Å²) in [5.41, 5.74) is 6.73. The van der Waals surface area contributed by atoms with E-state index >= 15 is 0 Å². The Bertz CT molecular complexity index is 394. The van der Waals surface area contributed by atoms with Crippen molar-refractivity contribution < 1.29 is 9.53 Å². The molecule has 4 heteroatoms. The molecule has 18 heavy (non-hydrogen) atoms. The third kappa shape index (κ3) is 3.09. The molecular formula is C14H20N2O2. The number of nitrogens with two attached hydrogens (primary N) is 1. The van der Waals surface area contributed by atoms with Crippen LogP contribution in [0.5, 0.6) is 0 Å². The molecular weight excluding hydrogens is 228 g/mol. The van der Waals surface area contributed by atoms with Gasteiger partial charge in [0.05, 0.1) is 12.7 Å². The summed E-state index contributed by atoms with van der Waals surface area (Å²) in [5.74, 6) is -0.296. The van der Waals surface area contributed by atoms with Crippen molar-refractivity contribution in [3.63, 3.8) is 0 Å². The maximum atomic E-state index is 11.5. The molecule has 1 aromatic carbocycles. The van der Waals surface area contributed by atoms with Gasteiger partial charge in [0, 0.05) is 13.1 Å². The van der Waals surface area contributed by atoms with E-state index in [1.165, 1.54) is 5.56 Å². The normalized spacial score (nSPS) is 24.9. The van der Waals surface area contributed by atoms with Crippen LogP contribution in [-0.4, -0.2) is 42.6 Å². The highest BCUT2D eigenvalue weighted by Gasteiger charge is 2.33. The van der Waals surface area contributed by atoms with Crippen molar-refractivity contribution >= 4 is 5.91 Å². The molecule has 1 saturated heterocycles. The lowest BCUT2D eigenvalue weighted by Crippen LogP contribution is -2.56. The van der Waals surface area contributed by atoms with Crippen molar-refractivity contribution in [2.75, 3.05) is 19.7 Å². The molecule has 0 aliphatic carbocycles. The Morgan fingerprint density at radius 3 is 2.83 bits per heavy atom. The molecule has 1 aliphatic heterocycles. The monoisotopic (exact) mass is 248 g/mol. The Morgan fingerprint density at radius 1 is 1.44 bits per heavy atom. The maximum absolute atomic E-state index is 11.5. The Balaban J connectivity index is 1.96. The Morgan fingerprint density at radius 2 is 2.17 bits per heavy atom. The van der Waals surface area contributed by atoms with Crippen molar-refractivity contribution in [3.05, 3.63) is 35.9 Å². The number of carbonyl (C=O) groups excluding carboxylic acids is 1. The third-order valence-corrected chi connectivity index (χ3v) is 3.42. The zero-order valence-electron chi connectivity index (χ0n) is 10.7. The summed E-state index contributed by atoms with van der Waals surface area (Å²) in [4.78, 5) is 13.6. The van der Waals surface area contributed by atoms with Crippen molar-refractivity contribution in [2.45, 2.75) is 25.5 Å². The lowest BCUT2D eigenvalue weighted by molar-refractivity contribution is -0.135. The summed E-state index contributed by atoms with van der Waals surface area (Å²) in [5, 5.41) is 0. The smallest absolute Gasteiger partial charge is 0.237 e. The summed E-state index contributed by atoms with van der Waals surface area (Å²) >= 11 is 0. The number of morpholine rings is 1. The van der Waals surface area contributed by atoms with E-state index in [0.717, 1.165) is 19.5 Å².